The van der Waals surface area contributed by atoms with Crippen LogP contribution in [0.5, 0.6) is 11.5 Å². The van der Waals surface area contributed by atoms with Crippen molar-refractivity contribution < 1.29 is 23.8 Å². The molecule has 90 valence electrons. The first-order valence-corrected chi connectivity index (χ1v) is 5.12. The highest BCUT2D eigenvalue weighted by atomic mass is 16.7. The number of ether oxygens (including phenoxy) is 3. The van der Waals surface area contributed by atoms with Gasteiger partial charge in [0.25, 0.3) is 0 Å². The number of methoxy groups -OCH3 is 1. The number of fused-ring (bicyclic) bond motifs is 1. The van der Waals surface area contributed by atoms with Crippen LogP contribution in [0.25, 0.3) is 0 Å². The Labute approximate surface area is 98.3 Å². The summed E-state index contributed by atoms with van der Waals surface area (Å²) in [5, 5.41) is 0. The van der Waals surface area contributed by atoms with Crippen LogP contribution in [0.15, 0.2) is 12.1 Å². The Morgan fingerprint density at radius 2 is 1.94 bits per heavy atom. The lowest BCUT2D eigenvalue weighted by Crippen LogP contribution is -2.08. The predicted octanol–water partition coefficient (Wildman–Crippen LogP) is 1.33. The Morgan fingerprint density at radius 3 is 2.53 bits per heavy atom. The van der Waals surface area contributed by atoms with Crippen LogP contribution < -0.4 is 9.47 Å². The van der Waals surface area contributed by atoms with Gasteiger partial charge in [0.05, 0.1) is 13.5 Å². The van der Waals surface area contributed by atoms with Crippen molar-refractivity contribution in [3.63, 3.8) is 0 Å². The van der Waals surface area contributed by atoms with Gasteiger partial charge >= 0.3 is 5.97 Å². The summed E-state index contributed by atoms with van der Waals surface area (Å²) in [5.41, 5.74) is 1.05. The Hall–Kier alpha value is -2.04. The minimum absolute atomic E-state index is 0.0437. The third kappa shape index (κ3) is 2.22. The quantitative estimate of drug-likeness (QED) is 0.585. The zero-order valence-electron chi connectivity index (χ0n) is 9.61. The van der Waals surface area contributed by atoms with Crippen molar-refractivity contribution in [2.24, 2.45) is 0 Å². The van der Waals surface area contributed by atoms with Gasteiger partial charge in [0.2, 0.25) is 6.79 Å². The van der Waals surface area contributed by atoms with E-state index in [1.165, 1.54) is 14.0 Å². The molecule has 2 rings (SSSR count). The molecule has 1 aliphatic rings. The standard InChI is InChI=1S/C12H12O5/c1-7(13)9-5-11-10(16-6-17-11)3-8(9)4-12(14)15-2/h3,5H,4,6H2,1-2H3. The third-order valence-corrected chi connectivity index (χ3v) is 2.54. The van der Waals surface area contributed by atoms with E-state index < -0.39 is 5.97 Å². The number of benzene rings is 1. The normalized spacial score (nSPS) is 12.4. The average molecular weight is 236 g/mol. The zero-order valence-corrected chi connectivity index (χ0v) is 9.61. The summed E-state index contributed by atoms with van der Waals surface area (Å²) in [6, 6.07) is 3.25. The smallest absolute Gasteiger partial charge is 0.310 e. The van der Waals surface area contributed by atoms with E-state index in [0.717, 1.165) is 0 Å². The van der Waals surface area contributed by atoms with Gasteiger partial charge in [-0.2, -0.15) is 0 Å². The number of carbonyl (C=O) groups is 2. The molecule has 0 atom stereocenters. The van der Waals surface area contributed by atoms with Crippen LogP contribution >= 0.6 is 0 Å². The fourth-order valence-corrected chi connectivity index (χ4v) is 1.69. The van der Waals surface area contributed by atoms with Gasteiger partial charge in [0, 0.05) is 5.56 Å². The lowest BCUT2D eigenvalue weighted by molar-refractivity contribution is -0.139. The van der Waals surface area contributed by atoms with E-state index in [9.17, 15) is 9.59 Å². The van der Waals surface area contributed by atoms with E-state index in [1.54, 1.807) is 12.1 Å². The number of esters is 1. The van der Waals surface area contributed by atoms with E-state index in [1.807, 2.05) is 0 Å². The number of carbonyl (C=O) groups excluding carboxylic acids is 2. The van der Waals surface area contributed by atoms with E-state index in [-0.39, 0.29) is 19.0 Å². The molecule has 5 heteroatoms. The van der Waals surface area contributed by atoms with Crippen molar-refractivity contribution >= 4 is 11.8 Å². The summed E-state index contributed by atoms with van der Waals surface area (Å²) in [7, 11) is 1.31. The van der Waals surface area contributed by atoms with Crippen LogP contribution in [0.2, 0.25) is 0 Å². The van der Waals surface area contributed by atoms with Gasteiger partial charge in [0.1, 0.15) is 0 Å². The van der Waals surface area contributed by atoms with Crippen LogP contribution in [0, 0.1) is 0 Å². The largest absolute Gasteiger partial charge is 0.469 e. The number of hydrogen-bond donors (Lipinski definition) is 0. The second-order valence-electron chi connectivity index (χ2n) is 3.67. The molecule has 17 heavy (non-hydrogen) atoms. The zero-order chi connectivity index (χ0) is 12.4. The fourth-order valence-electron chi connectivity index (χ4n) is 1.69. The number of ketones is 1. The summed E-state index contributed by atoms with van der Waals surface area (Å²) >= 11 is 0. The summed E-state index contributed by atoms with van der Waals surface area (Å²) in [5.74, 6) is 0.561. The molecular weight excluding hydrogens is 224 g/mol. The van der Waals surface area contributed by atoms with Gasteiger partial charge < -0.3 is 14.2 Å². The maximum atomic E-state index is 11.5. The van der Waals surface area contributed by atoms with Gasteiger partial charge in [-0.1, -0.05) is 0 Å². The van der Waals surface area contributed by atoms with Crippen LogP contribution in [-0.4, -0.2) is 25.7 Å². The van der Waals surface area contributed by atoms with Gasteiger partial charge in [-0.25, -0.2) is 0 Å². The van der Waals surface area contributed by atoms with Gasteiger partial charge in [0.15, 0.2) is 17.3 Å². The Balaban J connectivity index is 2.41. The molecule has 0 radical (unpaired) electrons. The lowest BCUT2D eigenvalue weighted by atomic mass is 10.0. The summed E-state index contributed by atoms with van der Waals surface area (Å²) in [4.78, 5) is 22.7. The predicted molar refractivity (Wildman–Crippen MR) is 58.3 cm³/mol. The van der Waals surface area contributed by atoms with Crippen LogP contribution in [0.3, 0.4) is 0 Å². The van der Waals surface area contributed by atoms with Gasteiger partial charge in [-0.05, 0) is 24.6 Å². The first-order chi connectivity index (χ1) is 8.11. The molecule has 0 saturated carbocycles. The number of hydrogen-bond acceptors (Lipinski definition) is 5. The summed E-state index contributed by atoms with van der Waals surface area (Å²) in [6.45, 7) is 1.58. The van der Waals surface area contributed by atoms with Crippen molar-refractivity contribution in [3.8, 4) is 11.5 Å². The van der Waals surface area contributed by atoms with Crippen LogP contribution in [0.4, 0.5) is 0 Å². The molecule has 0 aliphatic carbocycles. The molecule has 0 unspecified atom stereocenters. The lowest BCUT2D eigenvalue weighted by Gasteiger charge is -2.07. The topological polar surface area (TPSA) is 61.8 Å². The minimum atomic E-state index is -0.397. The monoisotopic (exact) mass is 236 g/mol. The highest BCUT2D eigenvalue weighted by Crippen LogP contribution is 2.35. The number of Topliss-reactive ketones (excluding diaryl/α,β-unsaturated/α-hetero) is 1. The van der Waals surface area contributed by atoms with Crippen LogP contribution in [0.1, 0.15) is 22.8 Å². The highest BCUT2D eigenvalue weighted by Gasteiger charge is 2.20. The summed E-state index contributed by atoms with van der Waals surface area (Å²) in [6.07, 6.45) is 0.0437. The van der Waals surface area contributed by atoms with Crippen molar-refractivity contribution in [3.05, 3.63) is 23.3 Å². The second kappa shape index (κ2) is 4.45. The molecule has 0 spiro atoms. The molecule has 1 heterocycles. The van der Waals surface area contributed by atoms with Crippen molar-refractivity contribution in [2.45, 2.75) is 13.3 Å². The molecule has 0 fully saturated rings. The third-order valence-electron chi connectivity index (χ3n) is 2.54. The molecule has 0 N–H and O–H groups in total. The Morgan fingerprint density at radius 1 is 1.29 bits per heavy atom. The maximum Gasteiger partial charge on any atom is 0.310 e. The molecule has 1 aliphatic heterocycles. The first kappa shape index (κ1) is 11.4. The van der Waals surface area contributed by atoms with E-state index in [4.69, 9.17) is 9.47 Å². The van der Waals surface area contributed by atoms with Crippen molar-refractivity contribution in [1.29, 1.82) is 0 Å². The van der Waals surface area contributed by atoms with Crippen molar-refractivity contribution in [1.82, 2.24) is 0 Å². The molecular formula is C12H12O5. The minimum Gasteiger partial charge on any atom is -0.469 e. The van der Waals surface area contributed by atoms with E-state index in [2.05, 4.69) is 4.74 Å². The average Bonchev–Trinajstić information content (AvgIpc) is 2.74. The van der Waals surface area contributed by atoms with E-state index >= 15 is 0 Å². The number of rotatable bonds is 3. The first-order valence-electron chi connectivity index (χ1n) is 5.12. The SMILES string of the molecule is COC(=O)Cc1cc2c(cc1C(C)=O)OCO2. The molecule has 1 aromatic rings. The van der Waals surface area contributed by atoms with Gasteiger partial charge in [-0.3, -0.25) is 9.59 Å². The molecule has 0 saturated heterocycles. The second-order valence-corrected chi connectivity index (χ2v) is 3.67. The molecule has 5 nitrogen and oxygen atoms in total. The molecule has 0 aromatic heterocycles. The fraction of sp³-hybridized carbons (Fsp3) is 0.333. The van der Waals surface area contributed by atoms with Crippen molar-refractivity contribution in [2.75, 3.05) is 13.9 Å². The Kier molecular flexibility index (Phi) is 2.99. The molecule has 0 amide bonds. The molecule has 0 bridgehead atoms. The van der Waals surface area contributed by atoms with Crippen LogP contribution in [-0.2, 0) is 16.0 Å². The Bertz CT molecular complexity index is 478. The molecule has 1 aromatic carbocycles. The maximum absolute atomic E-state index is 11.5. The summed E-state index contributed by atoms with van der Waals surface area (Å²) < 4.78 is 15.0. The highest BCUT2D eigenvalue weighted by molar-refractivity contribution is 5.97. The van der Waals surface area contributed by atoms with E-state index in [0.29, 0.717) is 22.6 Å². The van der Waals surface area contributed by atoms with Gasteiger partial charge in [-0.15, -0.1) is 0 Å².